The predicted molar refractivity (Wildman–Crippen MR) is 88.3 cm³/mol. The van der Waals surface area contributed by atoms with Crippen molar-refractivity contribution >= 4 is 28.4 Å². The van der Waals surface area contributed by atoms with Crippen molar-refractivity contribution in [3.05, 3.63) is 52.3 Å². The average Bonchev–Trinajstić information content (AvgIpc) is 3.00. The second-order valence-electron chi connectivity index (χ2n) is 5.32. The molecule has 21 heavy (non-hydrogen) atoms. The van der Waals surface area contributed by atoms with Gasteiger partial charge < -0.3 is 5.73 Å². The third-order valence-corrected chi connectivity index (χ3v) is 4.06. The topological polar surface area (TPSA) is 56.2 Å². The molecule has 5 heteroatoms. The summed E-state index contributed by atoms with van der Waals surface area (Å²) >= 11 is 1.60. The van der Waals surface area contributed by atoms with Crippen molar-refractivity contribution in [3.63, 3.8) is 0 Å². The van der Waals surface area contributed by atoms with E-state index in [9.17, 15) is 0 Å². The molecule has 4 nitrogen and oxygen atoms in total. The number of benzene rings is 1. The number of rotatable bonds is 4. The van der Waals surface area contributed by atoms with Crippen LogP contribution in [0.15, 0.2) is 29.6 Å². The van der Waals surface area contributed by atoms with Crippen LogP contribution in [0.25, 0.3) is 17.1 Å². The fraction of sp³-hybridized carbons (Fsp3) is 0.250. The minimum atomic E-state index is 0.124. The molecule has 0 aliphatic carbocycles. The highest BCUT2D eigenvalue weighted by Crippen LogP contribution is 2.16. The van der Waals surface area contributed by atoms with Crippen LogP contribution in [-0.2, 0) is 6.42 Å². The maximum atomic E-state index is 5.86. The maximum Gasteiger partial charge on any atom is 0.212 e. The minimum Gasteiger partial charge on any atom is -0.328 e. The Bertz CT molecular complexity index is 765. The van der Waals surface area contributed by atoms with E-state index in [4.69, 9.17) is 5.73 Å². The van der Waals surface area contributed by atoms with Crippen molar-refractivity contribution < 1.29 is 0 Å². The van der Waals surface area contributed by atoms with Crippen LogP contribution in [0.3, 0.4) is 0 Å². The maximum absolute atomic E-state index is 5.86. The first-order valence-corrected chi connectivity index (χ1v) is 7.83. The largest absolute Gasteiger partial charge is 0.328 e. The highest BCUT2D eigenvalue weighted by atomic mass is 32.1. The molecule has 3 aromatic rings. The lowest BCUT2D eigenvalue weighted by Crippen LogP contribution is -2.18. The highest BCUT2D eigenvalue weighted by Gasteiger charge is 2.09. The van der Waals surface area contributed by atoms with Gasteiger partial charge in [0.2, 0.25) is 4.96 Å². The Kier molecular flexibility index (Phi) is 3.86. The minimum absolute atomic E-state index is 0.124. The van der Waals surface area contributed by atoms with Gasteiger partial charge in [-0.3, -0.25) is 0 Å². The lowest BCUT2D eigenvalue weighted by Gasteiger charge is -2.01. The number of aromatic nitrogens is 3. The number of nitrogens with two attached hydrogens (primary N) is 1. The van der Waals surface area contributed by atoms with Gasteiger partial charge >= 0.3 is 0 Å². The number of nitrogens with zero attached hydrogens (tertiary/aromatic N) is 3. The fourth-order valence-corrected chi connectivity index (χ4v) is 2.97. The lowest BCUT2D eigenvalue weighted by atomic mass is 10.1. The molecule has 0 aliphatic rings. The highest BCUT2D eigenvalue weighted by molar-refractivity contribution is 7.15. The smallest absolute Gasteiger partial charge is 0.212 e. The van der Waals surface area contributed by atoms with Crippen LogP contribution in [-0.4, -0.2) is 20.6 Å². The Balaban J connectivity index is 1.84. The first kappa shape index (κ1) is 14.0. The number of hydrogen-bond acceptors (Lipinski definition) is 4. The van der Waals surface area contributed by atoms with Gasteiger partial charge in [-0.1, -0.05) is 35.9 Å². The monoisotopic (exact) mass is 298 g/mol. The van der Waals surface area contributed by atoms with Crippen molar-refractivity contribution in [1.29, 1.82) is 0 Å². The van der Waals surface area contributed by atoms with Crippen molar-refractivity contribution in [2.24, 2.45) is 5.73 Å². The molecule has 0 saturated heterocycles. The molecule has 1 aromatic carbocycles. The first-order valence-electron chi connectivity index (χ1n) is 6.95. The number of fused-ring (bicyclic) bond motifs is 1. The molecule has 0 radical (unpaired) electrons. The summed E-state index contributed by atoms with van der Waals surface area (Å²) in [5.74, 6) is 0.730. The van der Waals surface area contributed by atoms with Crippen molar-refractivity contribution in [3.8, 4) is 0 Å². The summed E-state index contributed by atoms with van der Waals surface area (Å²) < 4.78 is 1.89. The summed E-state index contributed by atoms with van der Waals surface area (Å²) in [7, 11) is 0. The van der Waals surface area contributed by atoms with E-state index >= 15 is 0 Å². The van der Waals surface area contributed by atoms with Crippen LogP contribution in [0.5, 0.6) is 0 Å². The normalized spacial score (nSPS) is 13.3. The molecule has 0 amide bonds. The molecule has 2 aromatic heterocycles. The summed E-state index contributed by atoms with van der Waals surface area (Å²) in [5, 5.41) is 6.61. The summed E-state index contributed by atoms with van der Waals surface area (Å²) in [5.41, 5.74) is 9.38. The molecular weight excluding hydrogens is 280 g/mol. The summed E-state index contributed by atoms with van der Waals surface area (Å²) in [4.78, 5) is 5.43. The van der Waals surface area contributed by atoms with Crippen LogP contribution in [0.2, 0.25) is 0 Å². The van der Waals surface area contributed by atoms with Gasteiger partial charge in [0.25, 0.3) is 0 Å². The Hall–Kier alpha value is -1.98. The second-order valence-corrected chi connectivity index (χ2v) is 6.15. The quantitative estimate of drug-likeness (QED) is 0.805. The number of thiazole rings is 1. The molecule has 3 rings (SSSR count). The van der Waals surface area contributed by atoms with Crippen LogP contribution in [0.4, 0.5) is 0 Å². The molecule has 1 unspecified atom stereocenters. The molecule has 0 bridgehead atoms. The predicted octanol–water partition coefficient (Wildman–Crippen LogP) is 3.16. The van der Waals surface area contributed by atoms with E-state index in [1.54, 1.807) is 11.3 Å². The van der Waals surface area contributed by atoms with Gasteiger partial charge in [0.05, 0.1) is 5.69 Å². The van der Waals surface area contributed by atoms with Crippen LogP contribution in [0, 0.1) is 6.92 Å². The van der Waals surface area contributed by atoms with Gasteiger partial charge in [-0.15, -0.1) is 16.4 Å². The van der Waals surface area contributed by atoms with E-state index in [0.29, 0.717) is 0 Å². The Labute approximate surface area is 127 Å². The Morgan fingerprint density at radius 3 is 2.76 bits per heavy atom. The zero-order valence-corrected chi connectivity index (χ0v) is 13.0. The summed E-state index contributed by atoms with van der Waals surface area (Å²) in [6, 6.07) is 8.50. The Morgan fingerprint density at radius 1 is 1.29 bits per heavy atom. The average molecular weight is 298 g/mol. The third kappa shape index (κ3) is 3.20. The molecule has 108 valence electrons. The summed E-state index contributed by atoms with van der Waals surface area (Å²) in [6.07, 6.45) is 4.79. The molecule has 0 aliphatic heterocycles. The van der Waals surface area contributed by atoms with E-state index in [2.05, 4.69) is 46.7 Å². The van der Waals surface area contributed by atoms with Crippen LogP contribution >= 0.6 is 11.3 Å². The van der Waals surface area contributed by atoms with Gasteiger partial charge in [0.1, 0.15) is 0 Å². The molecule has 1 atom stereocenters. The Morgan fingerprint density at radius 2 is 2.05 bits per heavy atom. The van der Waals surface area contributed by atoms with Crippen LogP contribution in [0.1, 0.15) is 29.6 Å². The van der Waals surface area contributed by atoms with Crippen LogP contribution < -0.4 is 5.73 Å². The molecule has 0 spiro atoms. The van der Waals surface area contributed by atoms with Gasteiger partial charge in [-0.05, 0) is 25.5 Å². The fourth-order valence-electron chi connectivity index (χ4n) is 2.13. The SMILES string of the molecule is Cc1ccc(/C=C/c2nc3scc(CC(C)N)n3n2)cc1. The third-order valence-electron chi connectivity index (χ3n) is 3.20. The molecule has 0 saturated carbocycles. The lowest BCUT2D eigenvalue weighted by molar-refractivity contribution is 0.702. The number of aryl methyl sites for hydroxylation is 1. The van der Waals surface area contributed by atoms with E-state index in [1.807, 2.05) is 23.6 Å². The molecular formula is C16H18N4S. The van der Waals surface area contributed by atoms with Gasteiger partial charge in [0.15, 0.2) is 5.82 Å². The molecule has 2 N–H and O–H groups in total. The van der Waals surface area contributed by atoms with Crippen molar-refractivity contribution in [2.75, 3.05) is 0 Å². The summed E-state index contributed by atoms with van der Waals surface area (Å²) in [6.45, 7) is 4.08. The second kappa shape index (κ2) is 5.79. The molecule has 2 heterocycles. The zero-order valence-electron chi connectivity index (χ0n) is 12.2. The van der Waals surface area contributed by atoms with Gasteiger partial charge in [-0.25, -0.2) is 4.52 Å². The van der Waals surface area contributed by atoms with Gasteiger partial charge in [-0.2, -0.15) is 4.98 Å². The standard InChI is InChI=1S/C16H18N4S/c1-11-3-5-13(6-4-11)7-8-15-18-16-20(19-15)14(10-21-16)9-12(2)17/h3-8,10,12H,9,17H2,1-2H3/b8-7+. The van der Waals surface area contributed by atoms with E-state index < -0.39 is 0 Å². The van der Waals surface area contributed by atoms with Crippen molar-refractivity contribution in [2.45, 2.75) is 26.3 Å². The first-order chi connectivity index (χ1) is 10.1. The van der Waals surface area contributed by atoms with Gasteiger partial charge in [0, 0.05) is 17.8 Å². The van der Waals surface area contributed by atoms with E-state index in [0.717, 1.165) is 28.5 Å². The van der Waals surface area contributed by atoms with Crippen molar-refractivity contribution in [1.82, 2.24) is 14.6 Å². The number of hydrogen-bond donors (Lipinski definition) is 1. The molecule has 0 fully saturated rings. The van der Waals surface area contributed by atoms with E-state index in [1.165, 1.54) is 5.56 Å². The zero-order chi connectivity index (χ0) is 14.8. The van der Waals surface area contributed by atoms with E-state index in [-0.39, 0.29) is 6.04 Å².